The van der Waals surface area contributed by atoms with Gasteiger partial charge in [0.2, 0.25) is 0 Å². The summed E-state index contributed by atoms with van der Waals surface area (Å²) in [5.74, 6) is 0. The first kappa shape index (κ1) is 38.8. The molecule has 0 atom stereocenters. The van der Waals surface area contributed by atoms with Gasteiger partial charge in [0.1, 0.15) is 0 Å². The summed E-state index contributed by atoms with van der Waals surface area (Å²) < 4.78 is 0. The van der Waals surface area contributed by atoms with Gasteiger partial charge < -0.3 is 19.8 Å². The molecule has 0 bridgehead atoms. The molecule has 0 rings (SSSR count). The van der Waals surface area contributed by atoms with Gasteiger partial charge in [-0.05, 0) is 0 Å². The molecule has 4 heteroatoms. The number of hydrogen-bond donors (Lipinski definition) is 0. The topological polar surface area (TPSA) is 0 Å². The van der Waals surface area contributed by atoms with E-state index in [0.717, 1.165) is 0 Å². The molecule has 0 aliphatic rings. The molecule has 0 fully saturated rings. The molecule has 0 amide bonds. The van der Waals surface area contributed by atoms with Crippen molar-refractivity contribution in [2.24, 2.45) is 0 Å². The van der Waals surface area contributed by atoms with E-state index < -0.39 is 0 Å². The number of rotatable bonds is 0. The van der Waals surface area contributed by atoms with Gasteiger partial charge in [-0.15, -0.1) is 0 Å². The fourth-order valence-electron chi connectivity index (χ4n) is 0. The Balaban J connectivity index is 0. The Morgan fingerprint density at radius 1 is 0.750 bits per heavy atom. The summed E-state index contributed by atoms with van der Waals surface area (Å²) in [6.07, 6.45) is 0. The minimum atomic E-state index is 0. The first-order valence-electron chi connectivity index (χ1n) is 0. The zero-order chi connectivity index (χ0) is 0. The molecule has 0 saturated heterocycles. The summed E-state index contributed by atoms with van der Waals surface area (Å²) in [4.78, 5) is 0. The molecular formula is GeMnP2. The molecule has 1 radical (unpaired) electrons. The van der Waals surface area contributed by atoms with Gasteiger partial charge in [-0.3, -0.25) is 0 Å². The van der Waals surface area contributed by atoms with Gasteiger partial charge in [-0.1, -0.05) is 0 Å². The maximum Gasteiger partial charge on any atom is 4.00 e. The van der Waals surface area contributed by atoms with Crippen molar-refractivity contribution in [3.05, 3.63) is 0 Å². The number of hydrogen-bond acceptors (Lipinski definition) is 0. The van der Waals surface area contributed by atoms with Gasteiger partial charge >= 0.3 is 34.7 Å². The van der Waals surface area contributed by atoms with Gasteiger partial charge in [0.05, 0.1) is 0 Å². The third-order valence-corrected chi connectivity index (χ3v) is 0. The van der Waals surface area contributed by atoms with Crippen molar-refractivity contribution in [2.75, 3.05) is 0 Å². The van der Waals surface area contributed by atoms with Crippen molar-refractivity contribution in [2.45, 2.75) is 0 Å². The predicted molar refractivity (Wildman–Crippen MR) is 19.6 cm³/mol. The molecule has 0 unspecified atom stereocenters. The molecule has 0 aliphatic heterocycles. The third kappa shape index (κ3) is 9.06. The van der Waals surface area contributed by atoms with Gasteiger partial charge in [-0.25, -0.2) is 0 Å². The zero-order valence-electron chi connectivity index (χ0n) is 1.77. The van der Waals surface area contributed by atoms with Crippen LogP contribution in [-0.4, -0.2) is 17.6 Å². The van der Waals surface area contributed by atoms with Crippen LogP contribution in [0, 0.1) is 0 Å². The standard InChI is InChI=1S/Ge.Mn.2P/q+4;+2;2*-3. The average molecular weight is 189 g/mol. The van der Waals surface area contributed by atoms with Gasteiger partial charge in [0.25, 0.3) is 0 Å². The van der Waals surface area contributed by atoms with E-state index in [0.29, 0.717) is 0 Å². The Bertz CT molecular complexity index is 6.00. The van der Waals surface area contributed by atoms with Gasteiger partial charge in [-0.2, -0.15) is 0 Å². The smallest absolute Gasteiger partial charge is 3.00 e. The Kier molecular flexibility index (Phi) is 199. The van der Waals surface area contributed by atoms with Crippen LogP contribution >= 0.6 is 19.8 Å². The summed E-state index contributed by atoms with van der Waals surface area (Å²) in [5.41, 5.74) is 0. The second-order valence-electron chi connectivity index (χ2n) is 0. The first-order valence-corrected chi connectivity index (χ1v) is 0. The normalized spacial score (nSPS) is 0. The van der Waals surface area contributed by atoms with Crippen LogP contribution in [0.15, 0.2) is 0 Å². The van der Waals surface area contributed by atoms with Crippen LogP contribution in [0.3, 0.4) is 0 Å². The third-order valence-electron chi connectivity index (χ3n) is 0. The van der Waals surface area contributed by atoms with Crippen LogP contribution < -0.4 is 0 Å². The van der Waals surface area contributed by atoms with Crippen molar-refractivity contribution in [3.8, 4) is 0 Å². The van der Waals surface area contributed by atoms with Crippen molar-refractivity contribution in [1.29, 1.82) is 0 Å². The summed E-state index contributed by atoms with van der Waals surface area (Å²) in [6, 6.07) is 0. The maximum absolute atomic E-state index is 0. The van der Waals surface area contributed by atoms with E-state index in [4.69, 9.17) is 0 Å². The zero-order valence-corrected chi connectivity index (χ0v) is 6.84. The van der Waals surface area contributed by atoms with Crippen molar-refractivity contribution >= 4 is 37.4 Å². The second kappa shape index (κ2) is 20.5. The minimum Gasteiger partial charge on any atom is -3.00 e. The fourth-order valence-corrected chi connectivity index (χ4v) is 0. The summed E-state index contributed by atoms with van der Waals surface area (Å²) in [6.45, 7) is 0. The maximum atomic E-state index is 0. The van der Waals surface area contributed by atoms with Crippen LogP contribution in [0.4, 0.5) is 0 Å². The largest absolute Gasteiger partial charge is 4.00 e. The van der Waals surface area contributed by atoms with Crippen LogP contribution in [0.25, 0.3) is 0 Å². The van der Waals surface area contributed by atoms with E-state index in [9.17, 15) is 0 Å². The molecule has 0 aromatic rings. The van der Waals surface area contributed by atoms with E-state index >= 15 is 0 Å². The molecule has 0 saturated carbocycles. The molecular weight excluding hydrogens is 189 g/mol. The van der Waals surface area contributed by atoms with E-state index in [1.165, 1.54) is 0 Å². The van der Waals surface area contributed by atoms with Crippen LogP contribution in [0.2, 0.25) is 0 Å². The fraction of sp³-hybridized carbons (Fsp3) is 0. The van der Waals surface area contributed by atoms with Crippen molar-refractivity contribution in [3.63, 3.8) is 0 Å². The van der Waals surface area contributed by atoms with E-state index in [1.807, 2.05) is 0 Å². The molecule has 0 spiro atoms. The van der Waals surface area contributed by atoms with Gasteiger partial charge in [0, 0.05) is 0 Å². The molecule has 0 N–H and O–H groups in total. The molecule has 0 aliphatic carbocycles. The Morgan fingerprint density at radius 3 is 0.750 bits per heavy atom. The van der Waals surface area contributed by atoms with Crippen LogP contribution in [0.1, 0.15) is 0 Å². The molecule has 0 aromatic heterocycles. The Hall–Kier alpha value is 1.92. The SMILES string of the molecule is [Ge+4].[Mn+2].[P-3].[P-3]. The van der Waals surface area contributed by atoms with Crippen molar-refractivity contribution < 1.29 is 17.1 Å². The minimum absolute atomic E-state index is 0. The Labute approximate surface area is 54.6 Å². The summed E-state index contributed by atoms with van der Waals surface area (Å²) in [5, 5.41) is 0. The molecule has 0 aromatic carbocycles. The van der Waals surface area contributed by atoms with E-state index in [-0.39, 0.29) is 54.5 Å². The molecule has 0 heterocycles. The Morgan fingerprint density at radius 2 is 0.750 bits per heavy atom. The molecule has 0 nitrogen and oxygen atoms in total. The molecule has 21 valence electrons. The first-order chi connectivity index (χ1) is 0. The van der Waals surface area contributed by atoms with Crippen LogP contribution in [0.5, 0.6) is 0 Å². The van der Waals surface area contributed by atoms with Gasteiger partial charge in [0.15, 0.2) is 0 Å². The average Bonchev–Trinajstić information content (AvgIpc) is 0. The molecule has 4 heavy (non-hydrogen) atoms. The quantitative estimate of drug-likeness (QED) is 0.399. The van der Waals surface area contributed by atoms with Crippen molar-refractivity contribution in [1.82, 2.24) is 0 Å². The predicted octanol–water partition coefficient (Wildman–Crippen LogP) is 1.34. The van der Waals surface area contributed by atoms with Crippen LogP contribution in [-0.2, 0) is 17.1 Å². The summed E-state index contributed by atoms with van der Waals surface area (Å²) >= 11 is 0. The monoisotopic (exact) mass is 191 g/mol. The summed E-state index contributed by atoms with van der Waals surface area (Å²) in [7, 11) is 0. The van der Waals surface area contributed by atoms with E-state index in [2.05, 4.69) is 0 Å². The second-order valence-corrected chi connectivity index (χ2v) is 0. The van der Waals surface area contributed by atoms with E-state index in [1.54, 1.807) is 0 Å².